The first-order chi connectivity index (χ1) is 14.1. The molecule has 3 aromatic rings. The molecule has 2 atom stereocenters. The summed E-state index contributed by atoms with van der Waals surface area (Å²) in [4.78, 5) is 31.9. The van der Waals surface area contributed by atoms with E-state index in [1.807, 2.05) is 18.2 Å². The van der Waals surface area contributed by atoms with Gasteiger partial charge in [-0.05, 0) is 43.5 Å². The van der Waals surface area contributed by atoms with E-state index in [0.29, 0.717) is 5.69 Å². The second-order valence-corrected chi connectivity index (χ2v) is 10.2. The first-order valence-electron chi connectivity index (χ1n) is 10.1. The minimum absolute atomic E-state index is 0.0161. The number of aromatic nitrogens is 1. The average Bonchev–Trinajstić information content (AvgIpc) is 3.25. The number of hydrogen-bond donors (Lipinski definition) is 0. The van der Waals surface area contributed by atoms with Gasteiger partial charge in [-0.3, -0.25) is 14.5 Å². The Hall–Kier alpha value is -2.18. The fourth-order valence-electron chi connectivity index (χ4n) is 4.46. The standard InChI is InChI=1S/C23H22N2O2S2/c1-14-5-4-6-15(11-14)13-28-23-24-19-10-9-16(12-20(19)29-23)25-21(26)17-7-2-3-8-18(17)22(25)27/h4-6,9-12,17-18H,2-3,7-8,13H2,1H3/t17-,18+. The predicted molar refractivity (Wildman–Crippen MR) is 118 cm³/mol. The number of amides is 2. The van der Waals surface area contributed by atoms with Crippen LogP contribution in [0.15, 0.2) is 46.8 Å². The maximum Gasteiger partial charge on any atom is 0.237 e. The summed E-state index contributed by atoms with van der Waals surface area (Å²) < 4.78 is 2.02. The van der Waals surface area contributed by atoms with Crippen molar-refractivity contribution in [2.24, 2.45) is 11.8 Å². The molecule has 2 aromatic carbocycles. The van der Waals surface area contributed by atoms with Crippen LogP contribution >= 0.6 is 23.1 Å². The Morgan fingerprint density at radius 3 is 2.55 bits per heavy atom. The van der Waals surface area contributed by atoms with Gasteiger partial charge < -0.3 is 0 Å². The van der Waals surface area contributed by atoms with Crippen LogP contribution in [0.25, 0.3) is 10.2 Å². The van der Waals surface area contributed by atoms with E-state index in [-0.39, 0.29) is 23.7 Å². The number of aryl methyl sites for hydroxylation is 1. The molecule has 1 saturated heterocycles. The predicted octanol–water partition coefficient (Wildman–Crippen LogP) is 5.58. The van der Waals surface area contributed by atoms with Crippen molar-refractivity contribution in [1.82, 2.24) is 4.98 Å². The average molecular weight is 423 g/mol. The molecule has 6 heteroatoms. The number of benzene rings is 2. The van der Waals surface area contributed by atoms with Crippen molar-refractivity contribution in [3.63, 3.8) is 0 Å². The molecule has 0 bridgehead atoms. The third-order valence-electron chi connectivity index (χ3n) is 5.90. The van der Waals surface area contributed by atoms with Crippen molar-refractivity contribution in [1.29, 1.82) is 0 Å². The highest BCUT2D eigenvalue weighted by Gasteiger charge is 2.48. The van der Waals surface area contributed by atoms with Gasteiger partial charge in [0.25, 0.3) is 0 Å². The first-order valence-corrected chi connectivity index (χ1v) is 11.9. The summed E-state index contributed by atoms with van der Waals surface area (Å²) in [6.45, 7) is 2.10. The Balaban J connectivity index is 1.38. The highest BCUT2D eigenvalue weighted by molar-refractivity contribution is 8.00. The molecule has 148 valence electrons. The topological polar surface area (TPSA) is 50.3 Å². The van der Waals surface area contributed by atoms with Gasteiger partial charge in [0.1, 0.15) is 0 Å². The molecular weight excluding hydrogens is 400 g/mol. The molecule has 5 rings (SSSR count). The Kier molecular flexibility index (Phi) is 4.92. The first kappa shape index (κ1) is 18.8. The molecule has 2 amide bonds. The number of thiazole rings is 1. The smallest absolute Gasteiger partial charge is 0.237 e. The molecule has 4 nitrogen and oxygen atoms in total. The van der Waals surface area contributed by atoms with Gasteiger partial charge >= 0.3 is 0 Å². The molecule has 2 heterocycles. The zero-order valence-electron chi connectivity index (χ0n) is 16.3. The highest BCUT2D eigenvalue weighted by atomic mass is 32.2. The summed E-state index contributed by atoms with van der Waals surface area (Å²) in [7, 11) is 0. The molecule has 0 spiro atoms. The molecule has 1 aromatic heterocycles. The van der Waals surface area contributed by atoms with Gasteiger partial charge in [-0.2, -0.15) is 0 Å². The lowest BCUT2D eigenvalue weighted by atomic mass is 9.81. The van der Waals surface area contributed by atoms with Crippen molar-refractivity contribution >= 4 is 50.8 Å². The lowest BCUT2D eigenvalue weighted by Gasteiger charge is -2.19. The normalized spacial score (nSPS) is 21.8. The molecule has 0 unspecified atom stereocenters. The number of carbonyl (C=O) groups excluding carboxylic acids is 2. The molecule has 1 saturated carbocycles. The number of thioether (sulfide) groups is 1. The minimum atomic E-state index is -0.117. The van der Waals surface area contributed by atoms with Crippen molar-refractivity contribution < 1.29 is 9.59 Å². The number of nitrogens with zero attached hydrogens (tertiary/aromatic N) is 2. The summed E-state index contributed by atoms with van der Waals surface area (Å²) in [6.07, 6.45) is 3.77. The van der Waals surface area contributed by atoms with E-state index in [9.17, 15) is 9.59 Å². The van der Waals surface area contributed by atoms with Crippen molar-refractivity contribution in [2.75, 3.05) is 4.90 Å². The van der Waals surface area contributed by atoms with Crippen LogP contribution in [-0.4, -0.2) is 16.8 Å². The van der Waals surface area contributed by atoms with Gasteiger partial charge in [-0.1, -0.05) is 54.4 Å². The third-order valence-corrected chi connectivity index (χ3v) is 8.13. The van der Waals surface area contributed by atoms with Gasteiger partial charge in [0.2, 0.25) is 11.8 Å². The molecule has 0 radical (unpaired) electrons. The molecule has 0 N–H and O–H groups in total. The Morgan fingerprint density at radius 2 is 1.83 bits per heavy atom. The number of anilines is 1. The number of fused-ring (bicyclic) bond motifs is 2. The van der Waals surface area contributed by atoms with Crippen LogP contribution in [0.5, 0.6) is 0 Å². The lowest BCUT2D eigenvalue weighted by molar-refractivity contribution is -0.122. The number of imide groups is 1. The van der Waals surface area contributed by atoms with E-state index in [1.54, 1.807) is 23.1 Å². The number of rotatable bonds is 4. The van der Waals surface area contributed by atoms with Crippen molar-refractivity contribution in [3.05, 3.63) is 53.6 Å². The fraction of sp³-hybridized carbons (Fsp3) is 0.348. The van der Waals surface area contributed by atoms with Gasteiger partial charge in [0.05, 0.1) is 27.7 Å². The van der Waals surface area contributed by atoms with E-state index in [1.165, 1.54) is 16.0 Å². The monoisotopic (exact) mass is 422 g/mol. The van der Waals surface area contributed by atoms with E-state index in [2.05, 4.69) is 31.2 Å². The fourth-order valence-corrected chi connectivity index (χ4v) is 6.50. The summed E-state index contributed by atoms with van der Waals surface area (Å²) in [5.74, 6) is 0.610. The van der Waals surface area contributed by atoms with E-state index in [0.717, 1.165) is 46.0 Å². The minimum Gasteiger partial charge on any atom is -0.274 e. The van der Waals surface area contributed by atoms with E-state index >= 15 is 0 Å². The van der Waals surface area contributed by atoms with Crippen molar-refractivity contribution in [2.45, 2.75) is 42.7 Å². The summed E-state index contributed by atoms with van der Waals surface area (Å²) in [6, 6.07) is 14.3. The van der Waals surface area contributed by atoms with Crippen LogP contribution in [0.3, 0.4) is 0 Å². The van der Waals surface area contributed by atoms with E-state index < -0.39 is 0 Å². The van der Waals surface area contributed by atoms with Gasteiger partial charge in [-0.15, -0.1) is 11.3 Å². The third kappa shape index (κ3) is 3.49. The molecule has 1 aliphatic heterocycles. The van der Waals surface area contributed by atoms with Crippen LogP contribution in [0.1, 0.15) is 36.8 Å². The second-order valence-electron chi connectivity index (χ2n) is 7.92. The quantitative estimate of drug-likeness (QED) is 0.407. The highest BCUT2D eigenvalue weighted by Crippen LogP contribution is 2.41. The van der Waals surface area contributed by atoms with Gasteiger partial charge in [0.15, 0.2) is 4.34 Å². The summed E-state index contributed by atoms with van der Waals surface area (Å²) >= 11 is 3.35. The number of carbonyl (C=O) groups is 2. The number of hydrogen-bond acceptors (Lipinski definition) is 5. The lowest BCUT2D eigenvalue weighted by Crippen LogP contribution is -2.30. The molecular formula is C23H22N2O2S2. The Bertz CT molecular complexity index is 1080. The Labute approximate surface area is 178 Å². The SMILES string of the molecule is Cc1cccc(CSc2nc3ccc(N4C(=O)[C@H]5CCCC[C@H]5C4=O)cc3s2)c1. The maximum atomic E-state index is 12.9. The zero-order valence-corrected chi connectivity index (χ0v) is 17.9. The van der Waals surface area contributed by atoms with Crippen LogP contribution in [0.4, 0.5) is 5.69 Å². The summed E-state index contributed by atoms with van der Waals surface area (Å²) in [5, 5.41) is 0. The zero-order chi connectivity index (χ0) is 20.0. The van der Waals surface area contributed by atoms with E-state index in [4.69, 9.17) is 4.98 Å². The van der Waals surface area contributed by atoms with Crippen LogP contribution in [-0.2, 0) is 15.3 Å². The van der Waals surface area contributed by atoms with Crippen LogP contribution < -0.4 is 4.90 Å². The molecule has 29 heavy (non-hydrogen) atoms. The van der Waals surface area contributed by atoms with Gasteiger partial charge in [0, 0.05) is 5.75 Å². The van der Waals surface area contributed by atoms with Crippen molar-refractivity contribution in [3.8, 4) is 0 Å². The molecule has 1 aliphatic carbocycles. The Morgan fingerprint density at radius 1 is 1.07 bits per heavy atom. The maximum absolute atomic E-state index is 12.9. The largest absolute Gasteiger partial charge is 0.274 e. The summed E-state index contributed by atoms with van der Waals surface area (Å²) in [5.41, 5.74) is 4.16. The molecule has 2 aliphatic rings. The second kappa shape index (κ2) is 7.58. The van der Waals surface area contributed by atoms with Crippen LogP contribution in [0.2, 0.25) is 0 Å². The molecule has 2 fully saturated rings. The van der Waals surface area contributed by atoms with Gasteiger partial charge in [-0.25, -0.2) is 4.98 Å². The van der Waals surface area contributed by atoms with Crippen LogP contribution in [0, 0.1) is 18.8 Å².